The summed E-state index contributed by atoms with van der Waals surface area (Å²) in [6.45, 7) is 3.41. The predicted octanol–water partition coefficient (Wildman–Crippen LogP) is 1.75. The van der Waals surface area contributed by atoms with Gasteiger partial charge in [0.2, 0.25) is 0 Å². The van der Waals surface area contributed by atoms with Gasteiger partial charge in [-0.1, -0.05) is 0 Å². The van der Waals surface area contributed by atoms with Gasteiger partial charge >= 0.3 is 0 Å². The van der Waals surface area contributed by atoms with Gasteiger partial charge in [0, 0.05) is 13.7 Å². The number of aryl methyl sites for hydroxylation is 1. The van der Waals surface area contributed by atoms with Gasteiger partial charge in [0.1, 0.15) is 11.5 Å². The van der Waals surface area contributed by atoms with Gasteiger partial charge in [-0.25, -0.2) is 0 Å². The lowest BCUT2D eigenvalue weighted by atomic mass is 10.1. The Labute approximate surface area is 103 Å². The third-order valence-corrected chi connectivity index (χ3v) is 2.62. The molecule has 0 aliphatic carbocycles. The molecule has 1 rings (SSSR count). The first-order chi connectivity index (χ1) is 8.22. The average molecular weight is 239 g/mol. The summed E-state index contributed by atoms with van der Waals surface area (Å²) in [6.07, 6.45) is 0.878. The third-order valence-electron chi connectivity index (χ3n) is 2.62. The van der Waals surface area contributed by atoms with Crippen LogP contribution in [-0.4, -0.2) is 34.6 Å². The summed E-state index contributed by atoms with van der Waals surface area (Å²) < 4.78 is 15.6. The Morgan fingerprint density at radius 1 is 1.06 bits per heavy atom. The van der Waals surface area contributed by atoms with E-state index in [2.05, 4.69) is 5.32 Å². The molecule has 0 radical (unpaired) electrons. The molecule has 1 aromatic carbocycles. The van der Waals surface area contributed by atoms with E-state index in [1.165, 1.54) is 0 Å². The fraction of sp³-hybridized carbons (Fsp3) is 0.538. The number of benzene rings is 1. The number of nitrogens with one attached hydrogen (secondary N) is 1. The molecule has 96 valence electrons. The monoisotopic (exact) mass is 239 g/mol. The van der Waals surface area contributed by atoms with Crippen molar-refractivity contribution in [2.24, 2.45) is 0 Å². The van der Waals surface area contributed by atoms with Crippen LogP contribution in [0.3, 0.4) is 0 Å². The molecule has 0 saturated carbocycles. The molecule has 0 fully saturated rings. The highest BCUT2D eigenvalue weighted by molar-refractivity contribution is 5.46. The second-order valence-electron chi connectivity index (χ2n) is 3.82. The molecular weight excluding hydrogens is 218 g/mol. The maximum Gasteiger partial charge on any atom is 0.122 e. The average Bonchev–Trinajstić information content (AvgIpc) is 2.35. The molecule has 0 aliphatic rings. The molecule has 0 spiro atoms. The first-order valence-electron chi connectivity index (χ1n) is 5.64. The van der Waals surface area contributed by atoms with Crippen LogP contribution < -0.4 is 14.8 Å². The SMILES string of the molecule is COCNCCc1cc(OC)c(C)cc1OC. The van der Waals surface area contributed by atoms with E-state index in [0.717, 1.165) is 35.6 Å². The van der Waals surface area contributed by atoms with Crippen molar-refractivity contribution in [3.05, 3.63) is 23.3 Å². The number of methoxy groups -OCH3 is 3. The first-order valence-corrected chi connectivity index (χ1v) is 5.64. The predicted molar refractivity (Wildman–Crippen MR) is 67.9 cm³/mol. The second-order valence-corrected chi connectivity index (χ2v) is 3.82. The van der Waals surface area contributed by atoms with Gasteiger partial charge in [-0.2, -0.15) is 0 Å². The highest BCUT2D eigenvalue weighted by Gasteiger charge is 2.08. The van der Waals surface area contributed by atoms with Crippen LogP contribution in [-0.2, 0) is 11.2 Å². The molecule has 0 atom stereocenters. The van der Waals surface area contributed by atoms with Crippen molar-refractivity contribution >= 4 is 0 Å². The molecule has 0 heterocycles. The van der Waals surface area contributed by atoms with Crippen LogP contribution in [0.1, 0.15) is 11.1 Å². The Morgan fingerprint density at radius 2 is 1.76 bits per heavy atom. The largest absolute Gasteiger partial charge is 0.496 e. The minimum absolute atomic E-state index is 0.561. The lowest BCUT2D eigenvalue weighted by Crippen LogP contribution is -2.19. The molecule has 0 bridgehead atoms. The summed E-state index contributed by atoms with van der Waals surface area (Å²) in [5.74, 6) is 1.80. The van der Waals surface area contributed by atoms with Crippen LogP contribution in [0.5, 0.6) is 11.5 Å². The van der Waals surface area contributed by atoms with Gasteiger partial charge in [-0.3, -0.25) is 5.32 Å². The van der Waals surface area contributed by atoms with Crippen molar-refractivity contribution in [2.45, 2.75) is 13.3 Å². The summed E-state index contributed by atoms with van der Waals surface area (Å²) in [6, 6.07) is 4.03. The summed E-state index contributed by atoms with van der Waals surface area (Å²) in [4.78, 5) is 0. The topological polar surface area (TPSA) is 39.7 Å². The van der Waals surface area contributed by atoms with Crippen LogP contribution >= 0.6 is 0 Å². The Kier molecular flexibility index (Phi) is 5.80. The molecule has 0 unspecified atom stereocenters. The zero-order valence-corrected chi connectivity index (χ0v) is 11.0. The summed E-state index contributed by atoms with van der Waals surface area (Å²) in [5.41, 5.74) is 2.22. The van der Waals surface area contributed by atoms with E-state index in [4.69, 9.17) is 14.2 Å². The van der Waals surface area contributed by atoms with Crippen molar-refractivity contribution in [3.8, 4) is 11.5 Å². The first kappa shape index (κ1) is 13.8. The standard InChI is InChI=1S/C13H21NO3/c1-10-7-13(17-4)11(8-12(10)16-3)5-6-14-9-15-2/h7-8,14H,5-6,9H2,1-4H3. The second kappa shape index (κ2) is 7.14. The van der Waals surface area contributed by atoms with E-state index in [-0.39, 0.29) is 0 Å². The number of hydrogen-bond acceptors (Lipinski definition) is 4. The molecule has 0 amide bonds. The molecule has 0 saturated heterocycles. The van der Waals surface area contributed by atoms with Gasteiger partial charge in [-0.05, 0) is 36.6 Å². The van der Waals surface area contributed by atoms with E-state index in [1.54, 1.807) is 21.3 Å². The molecule has 1 N–H and O–H groups in total. The van der Waals surface area contributed by atoms with Crippen molar-refractivity contribution in [3.63, 3.8) is 0 Å². The van der Waals surface area contributed by atoms with E-state index in [0.29, 0.717) is 6.73 Å². The maximum atomic E-state index is 5.37. The molecular formula is C13H21NO3. The lowest BCUT2D eigenvalue weighted by molar-refractivity contribution is 0.176. The highest BCUT2D eigenvalue weighted by Crippen LogP contribution is 2.28. The molecule has 0 aliphatic heterocycles. The quantitative estimate of drug-likeness (QED) is 0.581. The van der Waals surface area contributed by atoms with E-state index in [1.807, 2.05) is 19.1 Å². The lowest BCUT2D eigenvalue weighted by Gasteiger charge is -2.13. The van der Waals surface area contributed by atoms with Crippen molar-refractivity contribution in [1.82, 2.24) is 5.32 Å². The third kappa shape index (κ3) is 3.91. The summed E-state index contributed by atoms with van der Waals surface area (Å²) in [5, 5.41) is 3.17. The van der Waals surface area contributed by atoms with Crippen molar-refractivity contribution in [1.29, 1.82) is 0 Å². The number of rotatable bonds is 7. The van der Waals surface area contributed by atoms with Gasteiger partial charge in [0.25, 0.3) is 0 Å². The van der Waals surface area contributed by atoms with Crippen molar-refractivity contribution < 1.29 is 14.2 Å². The highest BCUT2D eigenvalue weighted by atomic mass is 16.5. The zero-order valence-electron chi connectivity index (χ0n) is 11.0. The fourth-order valence-corrected chi connectivity index (χ4v) is 1.71. The maximum absolute atomic E-state index is 5.37. The minimum Gasteiger partial charge on any atom is -0.496 e. The van der Waals surface area contributed by atoms with Crippen LogP contribution in [0.4, 0.5) is 0 Å². The fourth-order valence-electron chi connectivity index (χ4n) is 1.71. The number of ether oxygens (including phenoxy) is 3. The van der Waals surface area contributed by atoms with Gasteiger partial charge < -0.3 is 14.2 Å². The van der Waals surface area contributed by atoms with Gasteiger partial charge in [0.15, 0.2) is 0 Å². The van der Waals surface area contributed by atoms with Crippen molar-refractivity contribution in [2.75, 3.05) is 34.6 Å². The smallest absolute Gasteiger partial charge is 0.122 e. The van der Waals surface area contributed by atoms with Gasteiger partial charge in [-0.15, -0.1) is 0 Å². The van der Waals surface area contributed by atoms with Gasteiger partial charge in [0.05, 0.1) is 21.0 Å². The van der Waals surface area contributed by atoms with Crippen LogP contribution in [0.15, 0.2) is 12.1 Å². The van der Waals surface area contributed by atoms with Crippen LogP contribution in [0.2, 0.25) is 0 Å². The molecule has 4 nitrogen and oxygen atoms in total. The molecule has 4 heteroatoms. The molecule has 0 aromatic heterocycles. The molecule has 17 heavy (non-hydrogen) atoms. The summed E-state index contributed by atoms with van der Waals surface area (Å²) >= 11 is 0. The van der Waals surface area contributed by atoms with E-state index < -0.39 is 0 Å². The van der Waals surface area contributed by atoms with E-state index >= 15 is 0 Å². The zero-order chi connectivity index (χ0) is 12.7. The Morgan fingerprint density at radius 3 is 2.35 bits per heavy atom. The Hall–Kier alpha value is -1.26. The minimum atomic E-state index is 0.561. The number of hydrogen-bond donors (Lipinski definition) is 1. The van der Waals surface area contributed by atoms with E-state index in [9.17, 15) is 0 Å². The Bertz CT molecular complexity index is 353. The van der Waals surface area contributed by atoms with Crippen LogP contribution in [0.25, 0.3) is 0 Å². The normalized spacial score (nSPS) is 10.4. The van der Waals surface area contributed by atoms with Crippen LogP contribution in [0, 0.1) is 6.92 Å². The molecule has 1 aromatic rings. The Balaban J connectivity index is 2.74. The summed E-state index contributed by atoms with van der Waals surface area (Å²) in [7, 11) is 5.04.